The largest absolute Gasteiger partial charge is 0.455 e. The summed E-state index contributed by atoms with van der Waals surface area (Å²) in [4.78, 5) is 33.9. The van der Waals surface area contributed by atoms with Crippen LogP contribution in [0.1, 0.15) is 17.8 Å². The van der Waals surface area contributed by atoms with Gasteiger partial charge in [-0.2, -0.15) is 5.26 Å². The van der Waals surface area contributed by atoms with Crippen molar-refractivity contribution in [2.45, 2.75) is 25.4 Å². The fourth-order valence-corrected chi connectivity index (χ4v) is 3.10. The van der Waals surface area contributed by atoms with Crippen molar-refractivity contribution in [1.29, 1.82) is 5.26 Å². The van der Waals surface area contributed by atoms with E-state index in [9.17, 15) is 14.0 Å². The summed E-state index contributed by atoms with van der Waals surface area (Å²) >= 11 is 1.10. The minimum atomic E-state index is -0.616. The van der Waals surface area contributed by atoms with E-state index in [0.717, 1.165) is 28.0 Å². The first-order chi connectivity index (χ1) is 13.4. The van der Waals surface area contributed by atoms with Gasteiger partial charge in [0.15, 0.2) is 11.8 Å². The van der Waals surface area contributed by atoms with E-state index in [2.05, 4.69) is 9.97 Å². The van der Waals surface area contributed by atoms with Gasteiger partial charge in [0.2, 0.25) is 0 Å². The first-order valence-corrected chi connectivity index (χ1v) is 9.42. The van der Waals surface area contributed by atoms with Crippen LogP contribution in [0.25, 0.3) is 0 Å². The molecule has 0 saturated heterocycles. The van der Waals surface area contributed by atoms with Crippen LogP contribution in [0.5, 0.6) is 0 Å². The lowest BCUT2D eigenvalue weighted by Crippen LogP contribution is -2.36. The van der Waals surface area contributed by atoms with Crippen molar-refractivity contribution < 1.29 is 18.7 Å². The minimum absolute atomic E-state index is 0.00102. The number of carbonyl (C=O) groups excluding carboxylic acids is 2. The van der Waals surface area contributed by atoms with Crippen LogP contribution in [0.3, 0.4) is 0 Å². The van der Waals surface area contributed by atoms with Crippen LogP contribution in [0.15, 0.2) is 35.5 Å². The molecule has 1 heterocycles. The van der Waals surface area contributed by atoms with E-state index >= 15 is 0 Å². The van der Waals surface area contributed by atoms with Crippen LogP contribution in [0, 0.1) is 31.0 Å². The molecule has 9 heteroatoms. The van der Waals surface area contributed by atoms with Crippen molar-refractivity contribution in [1.82, 2.24) is 9.97 Å². The third-order valence-electron chi connectivity index (χ3n) is 3.53. The SMILES string of the molecule is Cc1cc(C)nc(SCC(=O)OCC(=O)N(CCC#N)c2ccccc2F)n1. The molecule has 0 N–H and O–H groups in total. The molecule has 2 aromatic rings. The number of aromatic nitrogens is 2. The standard InChI is InChI=1S/C19H19FN4O3S/c1-13-10-14(2)23-19(22-13)28-12-18(26)27-11-17(25)24(9-5-8-21)16-7-4-3-6-15(16)20/h3-4,6-7,10H,5,9,11-12H2,1-2H3. The summed E-state index contributed by atoms with van der Waals surface area (Å²) in [5.74, 6) is -1.88. The van der Waals surface area contributed by atoms with Gasteiger partial charge in [0.1, 0.15) is 5.82 Å². The van der Waals surface area contributed by atoms with Crippen molar-refractivity contribution >= 4 is 29.3 Å². The van der Waals surface area contributed by atoms with Crippen LogP contribution in [-0.4, -0.2) is 40.7 Å². The maximum absolute atomic E-state index is 14.0. The van der Waals surface area contributed by atoms with E-state index in [4.69, 9.17) is 10.00 Å². The molecule has 0 radical (unpaired) electrons. The monoisotopic (exact) mass is 402 g/mol. The van der Waals surface area contributed by atoms with Crippen LogP contribution in [0.2, 0.25) is 0 Å². The van der Waals surface area contributed by atoms with Crippen molar-refractivity contribution in [3.8, 4) is 6.07 Å². The Morgan fingerprint density at radius 3 is 2.57 bits per heavy atom. The topological polar surface area (TPSA) is 96.2 Å². The molecule has 0 aliphatic rings. The number of halogens is 1. The lowest BCUT2D eigenvalue weighted by Gasteiger charge is -2.22. The fraction of sp³-hybridized carbons (Fsp3) is 0.316. The van der Waals surface area contributed by atoms with Gasteiger partial charge in [-0.25, -0.2) is 14.4 Å². The molecule has 0 bridgehead atoms. The molecule has 0 saturated carbocycles. The molecule has 0 spiro atoms. The number of anilines is 1. The van der Waals surface area contributed by atoms with Gasteiger partial charge in [0.05, 0.1) is 23.9 Å². The molecule has 0 aliphatic carbocycles. The number of hydrogen-bond acceptors (Lipinski definition) is 7. The van der Waals surface area contributed by atoms with Gasteiger partial charge < -0.3 is 9.64 Å². The molecule has 0 unspecified atom stereocenters. The van der Waals surface area contributed by atoms with E-state index in [1.807, 2.05) is 26.0 Å². The quantitative estimate of drug-likeness (QED) is 0.380. The zero-order valence-corrected chi connectivity index (χ0v) is 16.3. The Hall–Kier alpha value is -2.99. The Bertz CT molecular complexity index is 881. The van der Waals surface area contributed by atoms with Gasteiger partial charge >= 0.3 is 5.97 Å². The summed E-state index contributed by atoms with van der Waals surface area (Å²) in [5, 5.41) is 9.21. The molecule has 146 valence electrons. The van der Waals surface area contributed by atoms with Gasteiger partial charge in [-0.1, -0.05) is 23.9 Å². The van der Waals surface area contributed by atoms with Crippen molar-refractivity contribution in [2.24, 2.45) is 0 Å². The van der Waals surface area contributed by atoms with E-state index < -0.39 is 24.3 Å². The summed E-state index contributed by atoms with van der Waals surface area (Å²) in [6.07, 6.45) is 0.0217. The number of nitriles is 1. The molecule has 1 aromatic carbocycles. The second-order valence-electron chi connectivity index (χ2n) is 5.79. The average molecular weight is 402 g/mol. The van der Waals surface area contributed by atoms with Crippen LogP contribution in [-0.2, 0) is 14.3 Å². The van der Waals surface area contributed by atoms with Crippen LogP contribution < -0.4 is 4.90 Å². The van der Waals surface area contributed by atoms with E-state index in [1.54, 1.807) is 6.07 Å². The smallest absolute Gasteiger partial charge is 0.316 e. The summed E-state index contributed by atoms with van der Waals surface area (Å²) < 4.78 is 19.0. The Labute approximate surface area is 166 Å². The molecule has 1 amide bonds. The van der Waals surface area contributed by atoms with Gasteiger partial charge in [-0.15, -0.1) is 0 Å². The third-order valence-corrected chi connectivity index (χ3v) is 4.35. The first kappa shape index (κ1) is 21.3. The number of esters is 1. The van der Waals surface area contributed by atoms with Crippen molar-refractivity contribution in [3.63, 3.8) is 0 Å². The number of rotatable bonds is 8. The van der Waals surface area contributed by atoms with Gasteiger partial charge in [-0.3, -0.25) is 9.59 Å². The zero-order valence-electron chi connectivity index (χ0n) is 15.5. The van der Waals surface area contributed by atoms with Gasteiger partial charge in [-0.05, 0) is 32.0 Å². The van der Waals surface area contributed by atoms with E-state index in [1.165, 1.54) is 18.2 Å². The number of benzene rings is 1. The third kappa shape index (κ3) is 6.32. The highest BCUT2D eigenvalue weighted by Gasteiger charge is 2.20. The maximum Gasteiger partial charge on any atom is 0.316 e. The maximum atomic E-state index is 14.0. The first-order valence-electron chi connectivity index (χ1n) is 8.43. The summed E-state index contributed by atoms with van der Waals surface area (Å²) in [5.41, 5.74) is 1.62. The van der Waals surface area contributed by atoms with Crippen molar-refractivity contribution in [3.05, 3.63) is 47.5 Å². The highest BCUT2D eigenvalue weighted by Crippen LogP contribution is 2.19. The summed E-state index contributed by atoms with van der Waals surface area (Å²) in [6, 6.07) is 9.46. The predicted octanol–water partition coefficient (Wildman–Crippen LogP) is 2.81. The van der Waals surface area contributed by atoms with Gasteiger partial charge in [0.25, 0.3) is 5.91 Å². The number of aryl methyl sites for hydroxylation is 2. The Morgan fingerprint density at radius 2 is 1.93 bits per heavy atom. The Morgan fingerprint density at radius 1 is 1.25 bits per heavy atom. The summed E-state index contributed by atoms with van der Waals surface area (Å²) in [6.45, 7) is 3.11. The molecule has 28 heavy (non-hydrogen) atoms. The Balaban J connectivity index is 1.93. The number of carbonyl (C=O) groups is 2. The minimum Gasteiger partial charge on any atom is -0.455 e. The number of para-hydroxylation sites is 1. The molecule has 2 rings (SSSR count). The Kier molecular flexibility index (Phi) is 7.89. The molecular weight excluding hydrogens is 383 g/mol. The molecule has 0 atom stereocenters. The predicted molar refractivity (Wildman–Crippen MR) is 102 cm³/mol. The molecule has 7 nitrogen and oxygen atoms in total. The highest BCUT2D eigenvalue weighted by molar-refractivity contribution is 7.99. The van der Waals surface area contributed by atoms with Crippen molar-refractivity contribution in [2.75, 3.05) is 23.8 Å². The van der Waals surface area contributed by atoms with Crippen LogP contribution >= 0.6 is 11.8 Å². The van der Waals surface area contributed by atoms with Gasteiger partial charge in [0, 0.05) is 17.9 Å². The van der Waals surface area contributed by atoms with Crippen LogP contribution in [0.4, 0.5) is 10.1 Å². The molecule has 0 fully saturated rings. The number of amides is 1. The average Bonchev–Trinajstić information content (AvgIpc) is 2.65. The number of nitrogens with zero attached hydrogens (tertiary/aromatic N) is 4. The highest BCUT2D eigenvalue weighted by atomic mass is 32.2. The fourth-order valence-electron chi connectivity index (χ4n) is 2.36. The van der Waals surface area contributed by atoms with E-state index in [0.29, 0.717) is 5.16 Å². The molecular formula is C19H19FN4O3S. The van der Waals surface area contributed by atoms with E-state index in [-0.39, 0.29) is 24.4 Å². The molecule has 1 aromatic heterocycles. The zero-order chi connectivity index (χ0) is 20.5. The molecule has 0 aliphatic heterocycles. The second-order valence-corrected chi connectivity index (χ2v) is 6.73. The number of ether oxygens (including phenoxy) is 1. The number of thioether (sulfide) groups is 1. The normalized spacial score (nSPS) is 10.2. The lowest BCUT2D eigenvalue weighted by molar-refractivity contribution is -0.145. The number of hydrogen-bond donors (Lipinski definition) is 0. The lowest BCUT2D eigenvalue weighted by atomic mass is 10.2. The summed E-state index contributed by atoms with van der Waals surface area (Å²) in [7, 11) is 0. The second kappa shape index (κ2) is 10.4.